The molecule has 0 saturated heterocycles. The number of carbonyl (C=O) groups is 1. The van der Waals surface area contributed by atoms with Crippen molar-refractivity contribution in [1.29, 1.82) is 0 Å². The average molecular weight is 312 g/mol. The molecule has 0 atom stereocenters. The number of rotatable bonds is 5. The van der Waals surface area contributed by atoms with E-state index in [2.05, 4.69) is 0 Å². The van der Waals surface area contributed by atoms with E-state index in [1.807, 2.05) is 43.3 Å². The number of carboxylic acid groups (broad SMARTS) is 1. The molecule has 0 aromatic heterocycles. The first-order valence-electron chi connectivity index (χ1n) is 6.85. The van der Waals surface area contributed by atoms with E-state index in [4.69, 9.17) is 5.11 Å². The van der Waals surface area contributed by atoms with Crippen molar-refractivity contribution < 1.29 is 14.8 Å². The fourth-order valence-corrected chi connectivity index (χ4v) is 2.05. The minimum atomic E-state index is -1.19. The van der Waals surface area contributed by atoms with Gasteiger partial charge in [0.2, 0.25) is 0 Å². The van der Waals surface area contributed by atoms with Crippen LogP contribution in [0.25, 0.3) is 12.2 Å². The topological polar surface area (TPSA) is 83.7 Å². The third-order valence-electron chi connectivity index (χ3n) is 3.34. The fourth-order valence-electron chi connectivity index (χ4n) is 2.05. The predicted octanol–water partition coefficient (Wildman–Crippen LogP) is 3.53. The molecule has 2 aromatic carbocycles. The quantitative estimate of drug-likeness (QED) is 0.519. The summed E-state index contributed by atoms with van der Waals surface area (Å²) in [5.41, 5.74) is 1.97. The molecule has 6 heteroatoms. The molecule has 0 fully saturated rings. The van der Waals surface area contributed by atoms with Gasteiger partial charge in [-0.1, -0.05) is 18.2 Å². The van der Waals surface area contributed by atoms with Crippen molar-refractivity contribution in [3.05, 3.63) is 69.3 Å². The standard InChI is InChI=1S/C17H16N2O4/c1-18(2)15-9-4-12(5-10-15)3-6-13-7-8-14(17(20)21)11-16(13)19(22)23/h3-11H,1-2H3,(H,20,21)/b6-3+. The summed E-state index contributed by atoms with van der Waals surface area (Å²) in [5.74, 6) is -1.19. The van der Waals surface area contributed by atoms with Crippen molar-refractivity contribution in [3.8, 4) is 0 Å². The molecule has 6 nitrogen and oxygen atoms in total. The van der Waals surface area contributed by atoms with E-state index in [1.165, 1.54) is 12.1 Å². The molecule has 0 spiro atoms. The smallest absolute Gasteiger partial charge is 0.335 e. The Morgan fingerprint density at radius 2 is 1.78 bits per heavy atom. The molecular formula is C17H16N2O4. The summed E-state index contributed by atoms with van der Waals surface area (Å²) in [5, 5.41) is 20.0. The SMILES string of the molecule is CN(C)c1ccc(/C=C/c2ccc(C(=O)O)cc2[N+](=O)[O-])cc1. The van der Waals surface area contributed by atoms with Crippen LogP contribution in [0.1, 0.15) is 21.5 Å². The Labute approximate surface area is 133 Å². The number of carboxylic acids is 1. The molecule has 0 aliphatic rings. The van der Waals surface area contributed by atoms with Crippen LogP contribution in [0, 0.1) is 10.1 Å². The Balaban J connectivity index is 2.31. The minimum absolute atomic E-state index is 0.107. The van der Waals surface area contributed by atoms with Gasteiger partial charge in [-0.2, -0.15) is 0 Å². The Kier molecular flexibility index (Phi) is 4.75. The number of benzene rings is 2. The van der Waals surface area contributed by atoms with Crippen LogP contribution in [0.4, 0.5) is 11.4 Å². The number of hydrogen-bond acceptors (Lipinski definition) is 4. The van der Waals surface area contributed by atoms with Crippen molar-refractivity contribution in [2.75, 3.05) is 19.0 Å². The van der Waals surface area contributed by atoms with Gasteiger partial charge in [-0.3, -0.25) is 10.1 Å². The Hall–Kier alpha value is -3.15. The Morgan fingerprint density at radius 3 is 2.30 bits per heavy atom. The van der Waals surface area contributed by atoms with Gasteiger partial charge < -0.3 is 10.0 Å². The highest BCUT2D eigenvalue weighted by Gasteiger charge is 2.15. The lowest BCUT2D eigenvalue weighted by Gasteiger charge is -2.11. The lowest BCUT2D eigenvalue weighted by atomic mass is 10.1. The van der Waals surface area contributed by atoms with Crippen LogP contribution in [0.2, 0.25) is 0 Å². The van der Waals surface area contributed by atoms with Gasteiger partial charge in [-0.05, 0) is 35.9 Å². The molecule has 0 heterocycles. The van der Waals surface area contributed by atoms with Gasteiger partial charge in [0.1, 0.15) is 0 Å². The maximum atomic E-state index is 11.1. The number of aromatic carboxylic acids is 1. The van der Waals surface area contributed by atoms with Gasteiger partial charge in [0.25, 0.3) is 5.69 Å². The molecule has 0 aliphatic heterocycles. The summed E-state index contributed by atoms with van der Waals surface area (Å²) in [6, 6.07) is 11.6. The first kappa shape index (κ1) is 16.2. The van der Waals surface area contributed by atoms with E-state index in [0.29, 0.717) is 5.56 Å². The van der Waals surface area contributed by atoms with Crippen molar-refractivity contribution in [2.24, 2.45) is 0 Å². The highest BCUT2D eigenvalue weighted by atomic mass is 16.6. The molecule has 0 radical (unpaired) electrons. The highest BCUT2D eigenvalue weighted by Crippen LogP contribution is 2.23. The molecule has 1 N–H and O–H groups in total. The second-order valence-electron chi connectivity index (χ2n) is 5.16. The second kappa shape index (κ2) is 6.74. The maximum Gasteiger partial charge on any atom is 0.335 e. The number of anilines is 1. The van der Waals surface area contributed by atoms with Gasteiger partial charge in [-0.15, -0.1) is 0 Å². The first-order chi connectivity index (χ1) is 10.9. The first-order valence-corrected chi connectivity index (χ1v) is 6.85. The van der Waals surface area contributed by atoms with Crippen LogP contribution >= 0.6 is 0 Å². The zero-order valence-corrected chi connectivity index (χ0v) is 12.8. The van der Waals surface area contributed by atoms with E-state index in [1.54, 1.807) is 12.2 Å². The van der Waals surface area contributed by atoms with E-state index >= 15 is 0 Å². The van der Waals surface area contributed by atoms with Crippen molar-refractivity contribution >= 4 is 29.5 Å². The largest absolute Gasteiger partial charge is 0.478 e. The summed E-state index contributed by atoms with van der Waals surface area (Å²) < 4.78 is 0. The minimum Gasteiger partial charge on any atom is -0.478 e. The summed E-state index contributed by atoms with van der Waals surface area (Å²) in [6.45, 7) is 0. The lowest BCUT2D eigenvalue weighted by Crippen LogP contribution is -2.07. The van der Waals surface area contributed by atoms with E-state index in [9.17, 15) is 14.9 Å². The van der Waals surface area contributed by atoms with Crippen molar-refractivity contribution in [2.45, 2.75) is 0 Å². The number of nitro benzene ring substituents is 1. The second-order valence-corrected chi connectivity index (χ2v) is 5.16. The lowest BCUT2D eigenvalue weighted by molar-refractivity contribution is -0.385. The molecule has 23 heavy (non-hydrogen) atoms. The van der Waals surface area contributed by atoms with Crippen LogP contribution in [-0.2, 0) is 0 Å². The van der Waals surface area contributed by atoms with Gasteiger partial charge in [-0.25, -0.2) is 4.79 Å². The van der Waals surface area contributed by atoms with E-state index in [0.717, 1.165) is 17.3 Å². The van der Waals surface area contributed by atoms with Gasteiger partial charge in [0.05, 0.1) is 16.1 Å². The molecule has 2 rings (SSSR count). The monoisotopic (exact) mass is 312 g/mol. The van der Waals surface area contributed by atoms with Gasteiger partial charge >= 0.3 is 5.97 Å². The third kappa shape index (κ3) is 3.94. The summed E-state index contributed by atoms with van der Waals surface area (Å²) in [7, 11) is 3.89. The molecule has 2 aromatic rings. The van der Waals surface area contributed by atoms with Crippen LogP contribution < -0.4 is 4.90 Å². The number of nitrogens with zero attached hydrogens (tertiary/aromatic N) is 2. The Morgan fingerprint density at radius 1 is 1.13 bits per heavy atom. The van der Waals surface area contributed by atoms with Crippen molar-refractivity contribution in [3.63, 3.8) is 0 Å². The normalized spacial score (nSPS) is 10.7. The van der Waals surface area contributed by atoms with Crippen LogP contribution in [0.3, 0.4) is 0 Å². The third-order valence-corrected chi connectivity index (χ3v) is 3.34. The molecule has 0 saturated carbocycles. The number of hydrogen-bond donors (Lipinski definition) is 1. The average Bonchev–Trinajstić information content (AvgIpc) is 2.52. The zero-order valence-electron chi connectivity index (χ0n) is 12.8. The van der Waals surface area contributed by atoms with E-state index in [-0.39, 0.29) is 11.3 Å². The van der Waals surface area contributed by atoms with E-state index < -0.39 is 10.9 Å². The summed E-state index contributed by atoms with van der Waals surface area (Å²) in [4.78, 5) is 23.4. The predicted molar refractivity (Wildman–Crippen MR) is 89.8 cm³/mol. The molecule has 0 bridgehead atoms. The van der Waals surface area contributed by atoms with Gasteiger partial charge in [0, 0.05) is 25.8 Å². The van der Waals surface area contributed by atoms with Crippen molar-refractivity contribution in [1.82, 2.24) is 0 Å². The highest BCUT2D eigenvalue weighted by molar-refractivity contribution is 5.89. The Bertz CT molecular complexity index is 765. The van der Waals surface area contributed by atoms with Gasteiger partial charge in [0.15, 0.2) is 0 Å². The molecule has 0 amide bonds. The molecule has 118 valence electrons. The molecule has 0 aliphatic carbocycles. The summed E-state index contributed by atoms with van der Waals surface area (Å²) in [6.07, 6.45) is 3.36. The van der Waals surface area contributed by atoms with Crippen LogP contribution in [0.5, 0.6) is 0 Å². The zero-order chi connectivity index (χ0) is 17.0. The molecule has 0 unspecified atom stereocenters. The van der Waals surface area contributed by atoms with Crippen LogP contribution in [-0.4, -0.2) is 30.1 Å². The van der Waals surface area contributed by atoms with Crippen LogP contribution in [0.15, 0.2) is 42.5 Å². The number of nitro groups is 1. The maximum absolute atomic E-state index is 11.1. The molecular weight excluding hydrogens is 296 g/mol. The summed E-state index contributed by atoms with van der Waals surface area (Å²) >= 11 is 0. The fraction of sp³-hybridized carbons (Fsp3) is 0.118.